The molecule has 1 aromatic heterocycles. The van der Waals surface area contributed by atoms with Crippen molar-refractivity contribution in [2.75, 3.05) is 0 Å². The van der Waals surface area contributed by atoms with Crippen LogP contribution in [-0.4, -0.2) is 32.1 Å². The van der Waals surface area contributed by atoms with Crippen LogP contribution in [0.5, 0.6) is 0 Å². The lowest BCUT2D eigenvalue weighted by atomic mass is 9.94. The summed E-state index contributed by atoms with van der Waals surface area (Å²) in [6, 6.07) is 13.8. The Labute approximate surface area is 223 Å². The minimum Gasteiger partial charge on any atom is -0.410 e. The maximum Gasteiger partial charge on any atom is 0.488 e. The van der Waals surface area contributed by atoms with E-state index in [9.17, 15) is 0 Å². The molecule has 5 nitrogen and oxygen atoms in total. The van der Waals surface area contributed by atoms with Gasteiger partial charge in [-0.2, -0.15) is 0 Å². The summed E-state index contributed by atoms with van der Waals surface area (Å²) in [5, 5.41) is 2.60. The van der Waals surface area contributed by atoms with E-state index in [-0.39, 0.29) is 24.4 Å². The Morgan fingerprint density at radius 3 is 1.70 bits per heavy atom. The fraction of sp³-hybridized carbons (Fsp3) is 0.600. The van der Waals surface area contributed by atoms with Crippen molar-refractivity contribution < 1.29 is 18.6 Å². The van der Waals surface area contributed by atoms with Gasteiger partial charge in [0.15, 0.2) is 0 Å². The molecule has 5 rings (SSSR count). The van der Waals surface area contributed by atoms with Crippen LogP contribution in [0.1, 0.15) is 108 Å². The number of hydrogen-bond donors (Lipinski definition) is 0. The molecule has 0 amide bonds. The maximum atomic E-state index is 5.96. The van der Waals surface area contributed by atoms with Gasteiger partial charge in [0.1, 0.15) is 0 Å². The highest BCUT2D eigenvalue weighted by Crippen LogP contribution is 2.38. The summed E-state index contributed by atoms with van der Waals surface area (Å²) in [5.74, 6) is 0. The average molecular weight is 501 g/mol. The highest BCUT2D eigenvalue weighted by molar-refractivity contribution is 6.18. The van der Waals surface area contributed by atoms with Gasteiger partial charge in [-0.1, -0.05) is 65.0 Å². The van der Waals surface area contributed by atoms with Crippen molar-refractivity contribution in [1.82, 2.24) is 4.57 Å². The molecule has 2 saturated heterocycles. The van der Waals surface area contributed by atoms with Crippen molar-refractivity contribution in [3.63, 3.8) is 0 Å². The first-order valence-electron chi connectivity index (χ1n) is 14.5. The second-order valence-corrected chi connectivity index (χ2v) is 10.8. The molecule has 2 aromatic carbocycles. The Kier molecular flexibility index (Phi) is 9.30. The molecule has 2 radical (unpaired) electrons. The first kappa shape index (κ1) is 26.8. The predicted octanol–water partition coefficient (Wildman–Crippen LogP) is 7.74. The van der Waals surface area contributed by atoms with E-state index in [0.717, 1.165) is 45.1 Å². The molecule has 3 aromatic rings. The van der Waals surface area contributed by atoms with Crippen molar-refractivity contribution in [3.05, 3.63) is 47.5 Å². The van der Waals surface area contributed by atoms with Crippen LogP contribution in [0.15, 0.2) is 36.4 Å². The Bertz CT molecular complexity index is 1080. The van der Waals surface area contributed by atoms with E-state index >= 15 is 0 Å². The van der Waals surface area contributed by atoms with Crippen molar-refractivity contribution in [2.24, 2.45) is 0 Å². The number of hydrogen-bond acceptors (Lipinski definition) is 4. The minimum absolute atomic E-state index is 0.0315. The monoisotopic (exact) mass is 501 g/mol. The van der Waals surface area contributed by atoms with Crippen molar-refractivity contribution in [3.8, 4) is 0 Å². The van der Waals surface area contributed by atoms with E-state index < -0.39 is 0 Å². The second-order valence-electron chi connectivity index (χ2n) is 10.8. The highest BCUT2D eigenvalue weighted by Gasteiger charge is 2.28. The van der Waals surface area contributed by atoms with Gasteiger partial charge in [0.2, 0.25) is 0 Å². The Morgan fingerprint density at radius 1 is 0.676 bits per heavy atom. The fourth-order valence-electron chi connectivity index (χ4n) is 5.98. The van der Waals surface area contributed by atoms with E-state index in [4.69, 9.17) is 18.6 Å². The summed E-state index contributed by atoms with van der Waals surface area (Å²) in [4.78, 5) is 0. The Hall–Kier alpha value is -1.79. The summed E-state index contributed by atoms with van der Waals surface area (Å²) in [7, 11) is 3.11. The van der Waals surface area contributed by atoms with E-state index in [1.54, 1.807) is 15.4 Å². The van der Waals surface area contributed by atoms with Gasteiger partial charge in [-0.25, -0.2) is 0 Å². The van der Waals surface area contributed by atoms with Crippen LogP contribution in [0.2, 0.25) is 0 Å². The van der Waals surface area contributed by atoms with Crippen molar-refractivity contribution >= 4 is 37.2 Å². The quantitative estimate of drug-likeness (QED) is 0.199. The van der Waals surface area contributed by atoms with Crippen LogP contribution in [0.25, 0.3) is 21.8 Å². The smallest absolute Gasteiger partial charge is 0.410 e. The van der Waals surface area contributed by atoms with Crippen LogP contribution < -0.4 is 0 Å². The third-order valence-electron chi connectivity index (χ3n) is 8.00. The molecule has 0 saturated carbocycles. The van der Waals surface area contributed by atoms with Gasteiger partial charge < -0.3 is 23.2 Å². The number of nitrogens with zero attached hydrogens (tertiary/aromatic N) is 1. The average Bonchev–Trinajstić information content (AvgIpc) is 3.24. The normalized spacial score (nSPS) is 24.3. The lowest BCUT2D eigenvalue weighted by molar-refractivity contribution is 0.0268. The van der Waals surface area contributed by atoms with Crippen LogP contribution in [0.4, 0.5) is 0 Å². The van der Waals surface area contributed by atoms with Crippen LogP contribution in [-0.2, 0) is 25.2 Å². The zero-order valence-corrected chi connectivity index (χ0v) is 22.8. The molecule has 196 valence electrons. The highest BCUT2D eigenvalue weighted by atomic mass is 16.6. The third kappa shape index (κ3) is 6.11. The molecule has 3 heterocycles. The van der Waals surface area contributed by atoms with E-state index in [1.165, 1.54) is 58.6 Å². The summed E-state index contributed by atoms with van der Waals surface area (Å²) in [6.45, 7) is 7.72. The van der Waals surface area contributed by atoms with Crippen molar-refractivity contribution in [1.29, 1.82) is 0 Å². The van der Waals surface area contributed by atoms with Crippen LogP contribution >= 0.6 is 0 Å². The molecular weight excluding hydrogens is 460 g/mol. The summed E-state index contributed by atoms with van der Waals surface area (Å²) >= 11 is 0. The van der Waals surface area contributed by atoms with Gasteiger partial charge in [0.05, 0.1) is 12.2 Å². The lowest BCUT2D eigenvalue weighted by Gasteiger charge is -2.30. The largest absolute Gasteiger partial charge is 0.488 e. The first-order valence-corrected chi connectivity index (χ1v) is 14.5. The topological polar surface area (TPSA) is 41.9 Å². The zero-order valence-electron chi connectivity index (χ0n) is 22.8. The molecule has 0 N–H and O–H groups in total. The van der Waals surface area contributed by atoms with Gasteiger partial charge in [-0.15, -0.1) is 0 Å². The first-order chi connectivity index (χ1) is 18.2. The standard InChI is InChI=1S/C30H41B2NO4/c1-4-7-8-9-16-33-27-14-12-21(29-19-23(10-5-2)34-31-36-29)17-25(27)26-18-22(13-15-28(26)33)30-20-24(11-6-3)35-32-37-30/h12-15,17-18,23-24,29-30H,4-11,16,19-20H2,1-3H3. The lowest BCUT2D eigenvalue weighted by Crippen LogP contribution is -2.28. The molecule has 2 aliphatic rings. The Balaban J connectivity index is 1.50. The van der Waals surface area contributed by atoms with Gasteiger partial charge in [0, 0.05) is 53.4 Å². The summed E-state index contributed by atoms with van der Waals surface area (Å²) < 4.78 is 25.9. The zero-order chi connectivity index (χ0) is 25.6. The van der Waals surface area contributed by atoms with E-state index in [1.807, 2.05) is 0 Å². The number of unbranched alkanes of at least 4 members (excludes halogenated alkanes) is 3. The molecule has 0 spiro atoms. The van der Waals surface area contributed by atoms with Gasteiger partial charge >= 0.3 is 15.4 Å². The number of benzene rings is 2. The number of rotatable bonds is 11. The number of aryl methyl sites for hydroxylation is 1. The number of fused-ring (bicyclic) bond motifs is 3. The van der Waals surface area contributed by atoms with Gasteiger partial charge in [0.25, 0.3) is 0 Å². The summed E-state index contributed by atoms with van der Waals surface area (Å²) in [5.41, 5.74) is 5.05. The molecule has 4 atom stereocenters. The van der Waals surface area contributed by atoms with Crippen LogP contribution in [0.3, 0.4) is 0 Å². The maximum absolute atomic E-state index is 5.96. The molecule has 37 heavy (non-hydrogen) atoms. The third-order valence-corrected chi connectivity index (χ3v) is 8.00. The second kappa shape index (κ2) is 12.8. The molecule has 0 bridgehead atoms. The number of aromatic nitrogens is 1. The van der Waals surface area contributed by atoms with Crippen LogP contribution in [0, 0.1) is 0 Å². The molecule has 4 unspecified atom stereocenters. The molecular formula is C30H41B2NO4. The molecule has 2 fully saturated rings. The molecule has 2 aliphatic heterocycles. The van der Waals surface area contributed by atoms with E-state index in [2.05, 4.69) is 61.7 Å². The Morgan fingerprint density at radius 2 is 1.22 bits per heavy atom. The molecule has 0 aliphatic carbocycles. The minimum atomic E-state index is 0.0315. The van der Waals surface area contributed by atoms with Gasteiger partial charge in [-0.3, -0.25) is 0 Å². The fourth-order valence-corrected chi connectivity index (χ4v) is 5.98. The van der Waals surface area contributed by atoms with Gasteiger partial charge in [-0.05, 0) is 54.7 Å². The summed E-state index contributed by atoms with van der Waals surface area (Å²) in [6.07, 6.45) is 11.6. The van der Waals surface area contributed by atoms with E-state index in [0.29, 0.717) is 0 Å². The van der Waals surface area contributed by atoms with Crippen molar-refractivity contribution in [2.45, 2.75) is 116 Å². The SMILES string of the molecule is CCCCCCn1c2ccc(C3CC(CCC)O[B]O3)cc2c2cc(C3CC(CCC)O[B]O3)ccc21. The molecule has 7 heteroatoms. The predicted molar refractivity (Wildman–Crippen MR) is 152 cm³/mol.